The summed E-state index contributed by atoms with van der Waals surface area (Å²) >= 11 is 0. The normalized spacial score (nSPS) is 10.9. The standard InChI is InChI=1S/C31H26N/c1-3-24-14-10-11-23(2)31(24)32(29-15-8-5-9-16-29)30-20-19-27-21-26(17-18-28(27)22-30)25-12-6-4-7-13-25/h4,6-22H,3H2,1-2H3. The van der Waals surface area contributed by atoms with Gasteiger partial charge in [0.1, 0.15) is 0 Å². The highest BCUT2D eigenvalue weighted by Gasteiger charge is 2.17. The van der Waals surface area contributed by atoms with Crippen LogP contribution in [-0.4, -0.2) is 0 Å². The Hall–Kier alpha value is -3.84. The SMILES string of the molecule is CCc1cccc(C)c1N(c1cc[c]cc1)c1ccc2cc(-c3ccccc3)ccc2c1. The summed E-state index contributed by atoms with van der Waals surface area (Å²) in [5.74, 6) is 0. The van der Waals surface area contributed by atoms with Gasteiger partial charge >= 0.3 is 0 Å². The lowest BCUT2D eigenvalue weighted by molar-refractivity contribution is 1.10. The zero-order valence-corrected chi connectivity index (χ0v) is 18.5. The van der Waals surface area contributed by atoms with E-state index >= 15 is 0 Å². The summed E-state index contributed by atoms with van der Waals surface area (Å²) in [6.45, 7) is 4.42. The maximum Gasteiger partial charge on any atom is 0.0522 e. The molecule has 0 fully saturated rings. The smallest absolute Gasteiger partial charge is 0.0522 e. The third kappa shape index (κ3) is 3.78. The molecule has 0 aliphatic rings. The zero-order chi connectivity index (χ0) is 21.9. The van der Waals surface area contributed by atoms with Crippen LogP contribution >= 0.6 is 0 Å². The minimum Gasteiger partial charge on any atom is -0.310 e. The van der Waals surface area contributed by atoms with Gasteiger partial charge in [-0.25, -0.2) is 0 Å². The van der Waals surface area contributed by atoms with Gasteiger partial charge in [-0.2, -0.15) is 0 Å². The Morgan fingerprint density at radius 1 is 0.656 bits per heavy atom. The van der Waals surface area contributed by atoms with Gasteiger partial charge in [0, 0.05) is 11.4 Å². The molecule has 0 N–H and O–H groups in total. The van der Waals surface area contributed by atoms with Crippen molar-refractivity contribution in [2.45, 2.75) is 20.3 Å². The van der Waals surface area contributed by atoms with Gasteiger partial charge in [0.15, 0.2) is 0 Å². The van der Waals surface area contributed by atoms with Crippen LogP contribution < -0.4 is 4.90 Å². The van der Waals surface area contributed by atoms with Crippen LogP contribution in [0.4, 0.5) is 17.1 Å². The molecular weight excluding hydrogens is 386 g/mol. The summed E-state index contributed by atoms with van der Waals surface area (Å²) in [6, 6.07) is 42.0. The molecule has 0 aliphatic heterocycles. The van der Waals surface area contributed by atoms with E-state index in [1.807, 2.05) is 12.1 Å². The minimum atomic E-state index is 0.987. The average molecular weight is 413 g/mol. The van der Waals surface area contributed by atoms with Crippen molar-refractivity contribution < 1.29 is 0 Å². The van der Waals surface area contributed by atoms with Crippen LogP contribution in [0.1, 0.15) is 18.1 Å². The van der Waals surface area contributed by atoms with E-state index in [4.69, 9.17) is 0 Å². The second-order valence-corrected chi connectivity index (χ2v) is 8.14. The topological polar surface area (TPSA) is 3.24 Å². The number of nitrogens with zero attached hydrogens (tertiary/aromatic N) is 1. The van der Waals surface area contributed by atoms with Gasteiger partial charge in [-0.3, -0.25) is 0 Å². The monoisotopic (exact) mass is 412 g/mol. The molecular formula is C31H26N. The number of aryl methyl sites for hydroxylation is 2. The largest absolute Gasteiger partial charge is 0.310 e. The third-order valence-corrected chi connectivity index (χ3v) is 6.07. The molecule has 1 nitrogen and oxygen atoms in total. The first-order valence-corrected chi connectivity index (χ1v) is 11.2. The molecule has 0 bridgehead atoms. The van der Waals surface area contributed by atoms with Crippen molar-refractivity contribution in [1.29, 1.82) is 0 Å². The second-order valence-electron chi connectivity index (χ2n) is 8.14. The van der Waals surface area contributed by atoms with Crippen molar-refractivity contribution in [2.24, 2.45) is 0 Å². The first-order chi connectivity index (χ1) is 15.7. The zero-order valence-electron chi connectivity index (χ0n) is 18.5. The quantitative estimate of drug-likeness (QED) is 0.279. The number of rotatable bonds is 5. The van der Waals surface area contributed by atoms with Crippen molar-refractivity contribution in [3.8, 4) is 11.1 Å². The Morgan fingerprint density at radius 3 is 2.19 bits per heavy atom. The minimum absolute atomic E-state index is 0.987. The van der Waals surface area contributed by atoms with E-state index in [0.717, 1.165) is 12.1 Å². The van der Waals surface area contributed by atoms with E-state index in [-0.39, 0.29) is 0 Å². The molecule has 1 radical (unpaired) electrons. The Kier molecular flexibility index (Phi) is 5.47. The fraction of sp³-hybridized carbons (Fsp3) is 0.0968. The molecule has 0 spiro atoms. The molecule has 0 aliphatic carbocycles. The van der Waals surface area contributed by atoms with Crippen LogP contribution in [0.25, 0.3) is 21.9 Å². The molecule has 5 rings (SSSR count). The molecule has 0 heterocycles. The number of fused-ring (bicyclic) bond motifs is 1. The summed E-state index contributed by atoms with van der Waals surface area (Å²) in [5, 5.41) is 2.48. The molecule has 0 saturated heterocycles. The van der Waals surface area contributed by atoms with Crippen molar-refractivity contribution in [1.82, 2.24) is 0 Å². The van der Waals surface area contributed by atoms with Crippen LogP contribution in [0.15, 0.2) is 109 Å². The fourth-order valence-electron chi connectivity index (χ4n) is 4.44. The van der Waals surface area contributed by atoms with Gasteiger partial charge in [-0.1, -0.05) is 85.8 Å². The molecule has 0 saturated carbocycles. The molecule has 32 heavy (non-hydrogen) atoms. The maximum absolute atomic E-state index is 3.16. The molecule has 1 heteroatoms. The predicted octanol–water partition coefficient (Wildman–Crippen LogP) is 8.65. The Morgan fingerprint density at radius 2 is 1.41 bits per heavy atom. The fourth-order valence-corrected chi connectivity index (χ4v) is 4.44. The molecule has 5 aromatic carbocycles. The first-order valence-electron chi connectivity index (χ1n) is 11.2. The van der Waals surface area contributed by atoms with Crippen molar-refractivity contribution in [3.05, 3.63) is 126 Å². The van der Waals surface area contributed by atoms with Gasteiger partial charge < -0.3 is 4.90 Å². The number of anilines is 3. The highest BCUT2D eigenvalue weighted by Crippen LogP contribution is 2.40. The number of benzene rings is 5. The summed E-state index contributed by atoms with van der Waals surface area (Å²) in [4.78, 5) is 2.38. The first kappa shape index (κ1) is 20.1. The molecule has 5 aromatic rings. The summed E-state index contributed by atoms with van der Waals surface area (Å²) in [6.07, 6.45) is 0.987. The average Bonchev–Trinajstić information content (AvgIpc) is 2.86. The van der Waals surface area contributed by atoms with Crippen LogP contribution in [0.2, 0.25) is 0 Å². The molecule has 155 valence electrons. The van der Waals surface area contributed by atoms with Gasteiger partial charge in [0.2, 0.25) is 0 Å². The van der Waals surface area contributed by atoms with E-state index in [2.05, 4.69) is 122 Å². The van der Waals surface area contributed by atoms with Crippen LogP contribution in [0.5, 0.6) is 0 Å². The number of para-hydroxylation sites is 1. The highest BCUT2D eigenvalue weighted by atomic mass is 15.1. The summed E-state index contributed by atoms with van der Waals surface area (Å²) < 4.78 is 0. The second kappa shape index (κ2) is 8.72. The Labute approximate surface area is 190 Å². The van der Waals surface area contributed by atoms with E-state index in [1.165, 1.54) is 44.4 Å². The van der Waals surface area contributed by atoms with E-state index in [9.17, 15) is 0 Å². The van der Waals surface area contributed by atoms with Gasteiger partial charge in [-0.05, 0) is 82.8 Å². The Bertz CT molecular complexity index is 1350. The maximum atomic E-state index is 3.16. The van der Waals surface area contributed by atoms with Crippen LogP contribution in [0.3, 0.4) is 0 Å². The van der Waals surface area contributed by atoms with Crippen LogP contribution in [-0.2, 0) is 6.42 Å². The van der Waals surface area contributed by atoms with Gasteiger partial charge in [0.25, 0.3) is 0 Å². The lowest BCUT2D eigenvalue weighted by atomic mass is 9.99. The van der Waals surface area contributed by atoms with Gasteiger partial charge in [0.05, 0.1) is 5.69 Å². The lowest BCUT2D eigenvalue weighted by Crippen LogP contribution is -2.13. The Balaban J connectivity index is 1.66. The molecule has 0 amide bonds. The van der Waals surface area contributed by atoms with E-state index in [1.54, 1.807) is 0 Å². The molecule has 0 unspecified atom stereocenters. The van der Waals surface area contributed by atoms with E-state index in [0.29, 0.717) is 0 Å². The van der Waals surface area contributed by atoms with E-state index < -0.39 is 0 Å². The van der Waals surface area contributed by atoms with Gasteiger partial charge in [-0.15, -0.1) is 0 Å². The van der Waals surface area contributed by atoms with Crippen molar-refractivity contribution in [3.63, 3.8) is 0 Å². The van der Waals surface area contributed by atoms with Crippen LogP contribution in [0, 0.1) is 13.0 Å². The highest BCUT2D eigenvalue weighted by molar-refractivity contribution is 5.92. The van der Waals surface area contributed by atoms with Crippen molar-refractivity contribution in [2.75, 3.05) is 4.90 Å². The summed E-state index contributed by atoms with van der Waals surface area (Å²) in [7, 11) is 0. The molecule has 0 aromatic heterocycles. The van der Waals surface area contributed by atoms with Crippen molar-refractivity contribution >= 4 is 27.8 Å². The third-order valence-electron chi connectivity index (χ3n) is 6.07. The summed E-state index contributed by atoms with van der Waals surface area (Å²) in [5.41, 5.74) is 8.69. The molecule has 0 atom stereocenters. The number of hydrogen-bond donors (Lipinski definition) is 0. The number of hydrogen-bond acceptors (Lipinski definition) is 1. The lowest BCUT2D eigenvalue weighted by Gasteiger charge is -2.29. The predicted molar refractivity (Wildman–Crippen MR) is 137 cm³/mol.